The minimum atomic E-state index is -0.233. The lowest BCUT2D eigenvalue weighted by Crippen LogP contribution is -1.98. The van der Waals surface area contributed by atoms with Gasteiger partial charge < -0.3 is 9.67 Å². The summed E-state index contributed by atoms with van der Waals surface area (Å²) in [4.78, 5) is 12.1. The topological polar surface area (TPSA) is 66.9 Å². The van der Waals surface area contributed by atoms with Crippen molar-refractivity contribution in [2.75, 3.05) is 0 Å². The molecule has 0 bridgehead atoms. The monoisotopic (exact) mass is 405 g/mol. The summed E-state index contributed by atoms with van der Waals surface area (Å²) in [5, 5.41) is 19.6. The van der Waals surface area contributed by atoms with Crippen molar-refractivity contribution in [3.8, 4) is 5.88 Å². The van der Waals surface area contributed by atoms with Gasteiger partial charge in [0.2, 0.25) is 5.88 Å². The van der Waals surface area contributed by atoms with E-state index < -0.39 is 0 Å². The number of rotatable bonds is 11. The van der Waals surface area contributed by atoms with Gasteiger partial charge in [-0.05, 0) is 18.1 Å². The lowest BCUT2D eigenvalue weighted by Gasteiger charge is -2.06. The molecule has 0 saturated carbocycles. The van der Waals surface area contributed by atoms with Gasteiger partial charge in [0.1, 0.15) is 0 Å². The molecule has 158 valence electrons. The fraction of sp³-hybridized carbons (Fsp3) is 0.400. The van der Waals surface area contributed by atoms with Gasteiger partial charge in [0, 0.05) is 11.8 Å². The number of unbranched alkanes of at least 4 members (excludes halogenated alkanes) is 6. The quantitative estimate of drug-likeness (QED) is 0.272. The van der Waals surface area contributed by atoms with Crippen molar-refractivity contribution in [3.63, 3.8) is 0 Å². The molecule has 5 nitrogen and oxygen atoms in total. The lowest BCUT2D eigenvalue weighted by molar-refractivity contribution is -0.118. The number of fused-ring (bicyclic) bond motifs is 1. The van der Waals surface area contributed by atoms with E-state index in [1.165, 1.54) is 25.7 Å². The number of carbonyl (C=O) groups excluding carboxylic acids is 1. The fourth-order valence-electron chi connectivity index (χ4n) is 3.69. The molecule has 0 fully saturated rings. The molecule has 1 N–H and O–H groups in total. The van der Waals surface area contributed by atoms with Crippen LogP contribution < -0.4 is 0 Å². The molecule has 0 radical (unpaired) electrons. The summed E-state index contributed by atoms with van der Waals surface area (Å²) in [7, 11) is 0. The normalized spacial score (nSPS) is 11.5. The van der Waals surface area contributed by atoms with E-state index in [2.05, 4.69) is 17.2 Å². The highest BCUT2D eigenvalue weighted by atomic mass is 16.3. The van der Waals surface area contributed by atoms with Crippen LogP contribution in [0.2, 0.25) is 0 Å². The standard InChI is InChI=1S/C25H31N3O2/c1-2-3-4-5-6-7-11-18-23(29)26-27-24-21-16-12-13-17-22(21)28(25(24)30)19-20-14-9-8-10-15-20/h8-10,12-17,30H,2-7,11,18-19H2,1H3. The van der Waals surface area contributed by atoms with Crippen LogP contribution in [-0.2, 0) is 11.3 Å². The van der Waals surface area contributed by atoms with Gasteiger partial charge in [0.15, 0.2) is 5.69 Å². The van der Waals surface area contributed by atoms with Gasteiger partial charge in [-0.3, -0.25) is 4.79 Å². The second-order valence-electron chi connectivity index (χ2n) is 7.73. The predicted octanol–water partition coefficient (Wildman–Crippen LogP) is 7.15. The first-order valence-electron chi connectivity index (χ1n) is 11.0. The first-order chi connectivity index (χ1) is 14.7. The van der Waals surface area contributed by atoms with Gasteiger partial charge in [-0.15, -0.1) is 10.2 Å². The molecule has 30 heavy (non-hydrogen) atoms. The number of azo groups is 1. The third-order valence-corrected chi connectivity index (χ3v) is 5.36. The molecule has 0 unspecified atom stereocenters. The lowest BCUT2D eigenvalue weighted by atomic mass is 10.1. The molecule has 1 amide bonds. The van der Waals surface area contributed by atoms with E-state index in [0.29, 0.717) is 18.7 Å². The Morgan fingerprint density at radius 3 is 2.33 bits per heavy atom. The highest BCUT2D eigenvalue weighted by molar-refractivity contribution is 5.95. The smallest absolute Gasteiger partial charge is 0.264 e. The van der Waals surface area contributed by atoms with Gasteiger partial charge >= 0.3 is 0 Å². The molecule has 0 saturated heterocycles. The Hall–Kier alpha value is -2.95. The van der Waals surface area contributed by atoms with Crippen molar-refractivity contribution >= 4 is 22.5 Å². The summed E-state index contributed by atoms with van der Waals surface area (Å²) in [5.74, 6) is -0.199. The van der Waals surface area contributed by atoms with Gasteiger partial charge in [-0.1, -0.05) is 94.0 Å². The van der Waals surface area contributed by atoms with Crippen molar-refractivity contribution in [1.82, 2.24) is 4.57 Å². The number of hydrogen-bond donors (Lipinski definition) is 1. The number of para-hydroxylation sites is 1. The molecule has 0 atom stereocenters. The van der Waals surface area contributed by atoms with E-state index in [1.807, 2.05) is 54.6 Å². The molecule has 1 heterocycles. The first-order valence-corrected chi connectivity index (χ1v) is 11.0. The Morgan fingerprint density at radius 1 is 0.900 bits per heavy atom. The van der Waals surface area contributed by atoms with Crippen molar-refractivity contribution < 1.29 is 9.90 Å². The highest BCUT2D eigenvalue weighted by Gasteiger charge is 2.16. The minimum absolute atomic E-state index is 0.0347. The highest BCUT2D eigenvalue weighted by Crippen LogP contribution is 2.39. The van der Waals surface area contributed by atoms with E-state index in [9.17, 15) is 9.90 Å². The zero-order chi connectivity index (χ0) is 21.2. The summed E-state index contributed by atoms with van der Waals surface area (Å²) in [6.07, 6.45) is 8.49. The molecule has 1 aromatic heterocycles. The Kier molecular flexibility index (Phi) is 8.19. The van der Waals surface area contributed by atoms with Crippen LogP contribution in [0.3, 0.4) is 0 Å². The van der Waals surface area contributed by atoms with Crippen LogP contribution >= 0.6 is 0 Å². The molecule has 0 aliphatic rings. The number of aromatic hydroxyl groups is 1. The Balaban J connectivity index is 1.65. The molecule has 0 aliphatic heterocycles. The number of benzene rings is 2. The molecule has 5 heteroatoms. The summed E-state index contributed by atoms with van der Waals surface area (Å²) in [6, 6.07) is 17.6. The SMILES string of the molecule is CCCCCCCCCC(=O)N=Nc1c(O)n(Cc2ccccc2)c2ccccc12. The first kappa shape index (κ1) is 21.8. The van der Waals surface area contributed by atoms with Crippen LogP contribution in [0.15, 0.2) is 64.8 Å². The number of carbonyl (C=O) groups is 1. The van der Waals surface area contributed by atoms with Crippen LogP contribution in [0.25, 0.3) is 10.9 Å². The number of nitrogens with zero attached hydrogens (tertiary/aromatic N) is 3. The zero-order valence-electron chi connectivity index (χ0n) is 17.8. The van der Waals surface area contributed by atoms with E-state index in [1.54, 1.807) is 4.57 Å². The van der Waals surface area contributed by atoms with Crippen molar-refractivity contribution in [2.24, 2.45) is 10.2 Å². The molecule has 0 spiro atoms. The van der Waals surface area contributed by atoms with Crippen molar-refractivity contribution in [2.45, 2.75) is 64.8 Å². The fourth-order valence-corrected chi connectivity index (χ4v) is 3.69. The van der Waals surface area contributed by atoms with Crippen LogP contribution in [0.5, 0.6) is 5.88 Å². The summed E-state index contributed by atoms with van der Waals surface area (Å²) in [5.41, 5.74) is 2.30. The Labute approximate surface area is 178 Å². The van der Waals surface area contributed by atoms with Crippen LogP contribution in [0, 0.1) is 0 Å². The van der Waals surface area contributed by atoms with E-state index in [4.69, 9.17) is 0 Å². The maximum Gasteiger partial charge on any atom is 0.264 e. The molecular formula is C25H31N3O2. The predicted molar refractivity (Wildman–Crippen MR) is 121 cm³/mol. The van der Waals surface area contributed by atoms with Gasteiger partial charge in [-0.25, -0.2) is 0 Å². The summed E-state index contributed by atoms with van der Waals surface area (Å²) >= 11 is 0. The van der Waals surface area contributed by atoms with Crippen LogP contribution in [0.4, 0.5) is 5.69 Å². The average Bonchev–Trinajstić information content (AvgIpc) is 3.03. The van der Waals surface area contributed by atoms with E-state index in [0.717, 1.165) is 35.7 Å². The van der Waals surface area contributed by atoms with Gasteiger partial charge in [0.25, 0.3) is 5.91 Å². The maximum atomic E-state index is 12.1. The zero-order valence-corrected chi connectivity index (χ0v) is 17.8. The number of amides is 1. The minimum Gasteiger partial charge on any atom is -0.493 e. The maximum absolute atomic E-state index is 12.1. The summed E-state index contributed by atoms with van der Waals surface area (Å²) in [6.45, 7) is 2.73. The average molecular weight is 406 g/mol. The molecule has 2 aromatic carbocycles. The van der Waals surface area contributed by atoms with Crippen molar-refractivity contribution in [3.05, 3.63) is 60.2 Å². The number of aromatic nitrogens is 1. The van der Waals surface area contributed by atoms with E-state index in [-0.39, 0.29) is 11.8 Å². The van der Waals surface area contributed by atoms with Gasteiger partial charge in [-0.2, -0.15) is 0 Å². The van der Waals surface area contributed by atoms with E-state index >= 15 is 0 Å². The summed E-state index contributed by atoms with van der Waals surface area (Å²) < 4.78 is 1.81. The second kappa shape index (κ2) is 11.3. The molecular weight excluding hydrogens is 374 g/mol. The molecule has 3 rings (SSSR count). The third-order valence-electron chi connectivity index (χ3n) is 5.36. The Morgan fingerprint density at radius 2 is 1.57 bits per heavy atom. The van der Waals surface area contributed by atoms with Crippen LogP contribution in [-0.4, -0.2) is 15.6 Å². The van der Waals surface area contributed by atoms with Gasteiger partial charge in [0.05, 0.1) is 12.1 Å². The Bertz CT molecular complexity index is 977. The number of hydrogen-bond acceptors (Lipinski definition) is 3. The molecule has 3 aromatic rings. The third kappa shape index (κ3) is 5.78. The van der Waals surface area contributed by atoms with Crippen molar-refractivity contribution in [1.29, 1.82) is 0 Å². The molecule has 0 aliphatic carbocycles. The largest absolute Gasteiger partial charge is 0.493 e. The van der Waals surface area contributed by atoms with Crippen LogP contribution in [0.1, 0.15) is 63.9 Å². The second-order valence-corrected chi connectivity index (χ2v) is 7.73.